The van der Waals surface area contributed by atoms with Crippen LogP contribution in [0, 0.1) is 5.41 Å². The van der Waals surface area contributed by atoms with Crippen LogP contribution in [0.15, 0.2) is 69.6 Å². The molecule has 0 radical (unpaired) electrons. The van der Waals surface area contributed by atoms with Crippen molar-refractivity contribution in [2.45, 2.75) is 29.3 Å². The number of sulfone groups is 1. The Morgan fingerprint density at radius 1 is 1.19 bits per heavy atom. The molecule has 3 heterocycles. The number of amidine groups is 1. The van der Waals surface area contributed by atoms with Crippen LogP contribution in [-0.4, -0.2) is 44.8 Å². The van der Waals surface area contributed by atoms with Gasteiger partial charge in [-0.2, -0.15) is 11.3 Å². The molecule has 1 aliphatic rings. The summed E-state index contributed by atoms with van der Waals surface area (Å²) in [7, 11) is -2.31. The van der Waals surface area contributed by atoms with Gasteiger partial charge in [0.15, 0.2) is 9.84 Å². The highest BCUT2D eigenvalue weighted by atomic mass is 32.2. The van der Waals surface area contributed by atoms with Gasteiger partial charge in [0.05, 0.1) is 22.9 Å². The number of benzene rings is 2. The van der Waals surface area contributed by atoms with Gasteiger partial charge in [-0.25, -0.2) is 8.42 Å². The van der Waals surface area contributed by atoms with E-state index < -0.39 is 21.3 Å². The number of methoxy groups -OCH3 is 1. The van der Waals surface area contributed by atoms with E-state index in [1.54, 1.807) is 41.7 Å². The Morgan fingerprint density at radius 3 is 2.70 bits per heavy atom. The first kappa shape index (κ1) is 25.4. The number of nitrogens with zero attached hydrogens (tertiary/aromatic N) is 1. The largest absolute Gasteiger partial charge is 0.497 e. The number of likely N-dealkylation sites (tertiary alicyclic amines) is 1. The van der Waals surface area contributed by atoms with Gasteiger partial charge in [0.25, 0.3) is 0 Å². The van der Waals surface area contributed by atoms with Crippen molar-refractivity contribution in [2.24, 2.45) is 5.73 Å². The summed E-state index contributed by atoms with van der Waals surface area (Å²) >= 11 is 2.78. The van der Waals surface area contributed by atoms with E-state index in [2.05, 4.69) is 5.32 Å². The molecule has 0 bridgehead atoms. The first-order chi connectivity index (χ1) is 17.8. The van der Waals surface area contributed by atoms with Crippen molar-refractivity contribution in [2.75, 3.05) is 13.7 Å². The Balaban J connectivity index is 1.40. The van der Waals surface area contributed by atoms with Crippen molar-refractivity contribution < 1.29 is 17.9 Å². The number of thiophene rings is 2. The van der Waals surface area contributed by atoms with Crippen molar-refractivity contribution in [1.29, 1.82) is 5.41 Å². The first-order valence-corrected chi connectivity index (χ1v) is 14.9. The normalized spacial score (nSPS) is 16.8. The average molecular weight is 555 g/mol. The fourth-order valence-corrected chi connectivity index (χ4v) is 7.69. The molecule has 1 aliphatic heterocycles. The van der Waals surface area contributed by atoms with Crippen molar-refractivity contribution >= 4 is 55.0 Å². The smallest absolute Gasteiger partial charge is 0.240 e. The zero-order chi connectivity index (χ0) is 26.2. The molecule has 192 valence electrons. The molecule has 0 spiro atoms. The maximum atomic E-state index is 13.9. The Kier molecular flexibility index (Phi) is 7.04. The van der Waals surface area contributed by atoms with Gasteiger partial charge in [0.2, 0.25) is 5.91 Å². The van der Waals surface area contributed by atoms with Crippen LogP contribution >= 0.6 is 22.7 Å². The Hall–Kier alpha value is -3.25. The molecule has 4 aromatic rings. The van der Waals surface area contributed by atoms with Gasteiger partial charge in [0, 0.05) is 13.1 Å². The fraction of sp³-hybridized carbons (Fsp3) is 0.231. The first-order valence-electron chi connectivity index (χ1n) is 11.6. The summed E-state index contributed by atoms with van der Waals surface area (Å²) in [6, 6.07) is 13.5. The molecule has 4 N–H and O–H groups in total. The van der Waals surface area contributed by atoms with E-state index in [1.807, 2.05) is 35.0 Å². The van der Waals surface area contributed by atoms with E-state index in [4.69, 9.17) is 15.9 Å². The minimum absolute atomic E-state index is 0.000475. The highest BCUT2D eigenvalue weighted by molar-refractivity contribution is 7.91. The number of ether oxygens (including phenoxy) is 1. The molecule has 5 rings (SSSR count). The number of carbonyl (C=O) groups is 1. The molecule has 2 aromatic carbocycles. The zero-order valence-electron chi connectivity index (χ0n) is 20.0. The molecule has 0 aliphatic carbocycles. The van der Waals surface area contributed by atoms with Crippen molar-refractivity contribution in [3.63, 3.8) is 0 Å². The summed E-state index contributed by atoms with van der Waals surface area (Å²) in [5.74, 6) is 0.501. The monoisotopic (exact) mass is 554 g/mol. The molecule has 0 saturated carbocycles. The molecule has 2 aromatic heterocycles. The van der Waals surface area contributed by atoms with Gasteiger partial charge in [-0.3, -0.25) is 15.5 Å². The molecular weight excluding hydrogens is 529 g/mol. The Labute approximate surface area is 223 Å². The SMILES string of the molecule is COc1ccc2ccc(S(=O)(=O)[C@H](NC3CCN(Cc4csc(C(=N)N)c4)C3=O)c3ccsc3)cc2c1. The number of hydrogen-bond donors (Lipinski definition) is 3. The summed E-state index contributed by atoms with van der Waals surface area (Å²) in [4.78, 5) is 15.8. The number of hydrogen-bond acceptors (Lipinski definition) is 8. The van der Waals surface area contributed by atoms with Crippen molar-refractivity contribution in [3.8, 4) is 5.75 Å². The van der Waals surface area contributed by atoms with Crippen LogP contribution in [0.25, 0.3) is 10.8 Å². The van der Waals surface area contributed by atoms with Gasteiger partial charge in [-0.05, 0) is 80.9 Å². The van der Waals surface area contributed by atoms with Crippen LogP contribution < -0.4 is 15.8 Å². The Bertz CT molecular complexity index is 1560. The zero-order valence-corrected chi connectivity index (χ0v) is 22.5. The summed E-state index contributed by atoms with van der Waals surface area (Å²) in [5, 5.41) is 16.9. The Morgan fingerprint density at radius 2 is 2.00 bits per heavy atom. The lowest BCUT2D eigenvalue weighted by Gasteiger charge is -2.23. The highest BCUT2D eigenvalue weighted by Crippen LogP contribution is 2.33. The van der Waals surface area contributed by atoms with E-state index in [-0.39, 0.29) is 16.6 Å². The number of rotatable bonds is 9. The second kappa shape index (κ2) is 10.3. The maximum Gasteiger partial charge on any atom is 0.240 e. The van der Waals surface area contributed by atoms with Crippen LogP contribution in [0.1, 0.15) is 27.8 Å². The highest BCUT2D eigenvalue weighted by Gasteiger charge is 2.38. The van der Waals surface area contributed by atoms with E-state index >= 15 is 0 Å². The molecule has 8 nitrogen and oxygen atoms in total. The minimum Gasteiger partial charge on any atom is -0.497 e. The molecule has 1 fully saturated rings. The number of amides is 1. The predicted molar refractivity (Wildman–Crippen MR) is 147 cm³/mol. The van der Waals surface area contributed by atoms with Crippen LogP contribution in [0.3, 0.4) is 0 Å². The molecule has 1 saturated heterocycles. The van der Waals surface area contributed by atoms with Gasteiger partial charge in [0.1, 0.15) is 17.0 Å². The number of nitrogen functional groups attached to an aromatic ring is 1. The summed E-state index contributed by atoms with van der Waals surface area (Å²) in [5.41, 5.74) is 7.06. The topological polar surface area (TPSA) is 126 Å². The van der Waals surface area contributed by atoms with E-state index in [0.717, 1.165) is 16.3 Å². The van der Waals surface area contributed by atoms with Gasteiger partial charge in [-0.1, -0.05) is 12.1 Å². The van der Waals surface area contributed by atoms with Gasteiger partial charge < -0.3 is 15.4 Å². The fourth-order valence-electron chi connectivity index (χ4n) is 4.49. The number of nitrogens with one attached hydrogen (secondary N) is 2. The van der Waals surface area contributed by atoms with Gasteiger partial charge >= 0.3 is 0 Å². The van der Waals surface area contributed by atoms with E-state index in [1.165, 1.54) is 22.7 Å². The summed E-state index contributed by atoms with van der Waals surface area (Å²) in [6.07, 6.45) is 0.494. The quantitative estimate of drug-likeness (QED) is 0.211. The molecule has 1 unspecified atom stereocenters. The van der Waals surface area contributed by atoms with E-state index in [0.29, 0.717) is 35.7 Å². The lowest BCUT2D eigenvalue weighted by molar-refractivity contribution is -0.130. The standard InChI is InChI=1S/C26H26N4O4S3/c1-34-20-4-2-17-3-5-21(12-19(17)11-20)37(32,33)25(18-7-9-35-15-18)29-22-6-8-30(26(22)31)13-16-10-23(24(27)28)36-14-16/h2-5,7,9-12,14-15,22,25,29H,6,8,13H2,1H3,(H3,27,28)/t22?,25-/m0/s1. The number of fused-ring (bicyclic) bond motifs is 1. The third kappa shape index (κ3) is 5.12. The van der Waals surface area contributed by atoms with Crippen LogP contribution in [0.5, 0.6) is 5.75 Å². The lowest BCUT2D eigenvalue weighted by atomic mass is 10.1. The lowest BCUT2D eigenvalue weighted by Crippen LogP contribution is -2.42. The maximum absolute atomic E-state index is 13.9. The van der Waals surface area contributed by atoms with Crippen molar-refractivity contribution in [3.05, 3.63) is 80.7 Å². The number of carbonyl (C=O) groups excluding carboxylic acids is 1. The van der Waals surface area contributed by atoms with Crippen LogP contribution in [-0.2, 0) is 21.2 Å². The summed E-state index contributed by atoms with van der Waals surface area (Å²) in [6.45, 7) is 0.900. The van der Waals surface area contributed by atoms with Gasteiger partial charge in [-0.15, -0.1) is 11.3 Å². The predicted octanol–water partition coefficient (Wildman–Crippen LogP) is 4.12. The van der Waals surface area contributed by atoms with Crippen LogP contribution in [0.2, 0.25) is 0 Å². The second-order valence-electron chi connectivity index (χ2n) is 8.86. The summed E-state index contributed by atoms with van der Waals surface area (Å²) < 4.78 is 33.1. The molecular formula is C26H26N4O4S3. The second-order valence-corrected chi connectivity index (χ2v) is 12.6. The molecule has 2 atom stereocenters. The van der Waals surface area contributed by atoms with E-state index in [9.17, 15) is 13.2 Å². The molecule has 37 heavy (non-hydrogen) atoms. The van der Waals surface area contributed by atoms with Crippen LogP contribution in [0.4, 0.5) is 0 Å². The molecule has 11 heteroatoms. The number of nitrogens with two attached hydrogens (primary N) is 1. The average Bonchev–Trinajstić information content (AvgIpc) is 3.65. The molecule has 1 amide bonds. The third-order valence-electron chi connectivity index (χ3n) is 6.45. The third-order valence-corrected chi connectivity index (χ3v) is 10.1. The minimum atomic E-state index is -3.88. The van der Waals surface area contributed by atoms with Crippen molar-refractivity contribution in [1.82, 2.24) is 10.2 Å².